The van der Waals surface area contributed by atoms with E-state index in [1.165, 1.54) is 7.11 Å². The average Bonchev–Trinajstić information content (AvgIpc) is 2.65. The number of ether oxygens (including phenoxy) is 2. The Balaban J connectivity index is 2.11. The topological polar surface area (TPSA) is 47.6 Å². The van der Waals surface area contributed by atoms with Crippen molar-refractivity contribution in [1.82, 2.24) is 0 Å². The number of carbonyl (C=O) groups is 1. The zero-order chi connectivity index (χ0) is 17.4. The lowest BCUT2D eigenvalue weighted by atomic mass is 10.0. The molecule has 0 saturated heterocycles. The van der Waals surface area contributed by atoms with E-state index in [1.54, 1.807) is 0 Å². The number of nitrogens with one attached hydrogen (secondary N) is 1. The van der Waals surface area contributed by atoms with Gasteiger partial charge in [-0.2, -0.15) is 0 Å². The van der Waals surface area contributed by atoms with Gasteiger partial charge in [-0.25, -0.2) is 4.79 Å². The van der Waals surface area contributed by atoms with Crippen LogP contribution in [-0.2, 0) is 20.7 Å². The monoisotopic (exact) mass is 327 g/mol. The molecule has 0 aliphatic heterocycles. The fraction of sp³-hybridized carbons (Fsp3) is 0.350. The molecule has 0 amide bonds. The normalized spacial score (nSPS) is 11.8. The van der Waals surface area contributed by atoms with Gasteiger partial charge in [-0.15, -0.1) is 0 Å². The predicted molar refractivity (Wildman–Crippen MR) is 97.2 cm³/mol. The van der Waals surface area contributed by atoms with Gasteiger partial charge in [0.05, 0.1) is 7.11 Å². The fourth-order valence-electron chi connectivity index (χ4n) is 2.50. The largest absolute Gasteiger partial charge is 0.467 e. The maximum Gasteiger partial charge on any atom is 0.335 e. The van der Waals surface area contributed by atoms with E-state index in [2.05, 4.69) is 29.6 Å². The molecule has 2 aromatic carbocycles. The van der Waals surface area contributed by atoms with Gasteiger partial charge in [0.1, 0.15) is 0 Å². The van der Waals surface area contributed by atoms with Crippen LogP contribution in [0.5, 0.6) is 0 Å². The molecule has 0 aromatic heterocycles. The molecule has 1 N–H and O–H groups in total. The summed E-state index contributed by atoms with van der Waals surface area (Å²) >= 11 is 0. The lowest BCUT2D eigenvalue weighted by Gasteiger charge is -2.15. The first-order valence-corrected chi connectivity index (χ1v) is 8.24. The summed E-state index contributed by atoms with van der Waals surface area (Å²) in [5.74, 6) is -0.325. The van der Waals surface area contributed by atoms with Crippen molar-refractivity contribution in [3.8, 4) is 11.1 Å². The summed E-state index contributed by atoms with van der Waals surface area (Å²) in [4.78, 5) is 11.8. The van der Waals surface area contributed by atoms with Crippen molar-refractivity contribution >= 4 is 11.7 Å². The standard InChI is InChI=1S/C20H25NO3/c1-4-12-24-19(20(22)23-3)13-15-8-10-16(11-9-15)17-6-5-7-18(14-17)21-2/h5-11,14,19,21H,4,12-13H2,1-3H3. The van der Waals surface area contributed by atoms with Crippen LogP contribution in [0.25, 0.3) is 11.1 Å². The van der Waals surface area contributed by atoms with Crippen LogP contribution in [0.3, 0.4) is 0 Å². The molecule has 0 aliphatic rings. The highest BCUT2D eigenvalue weighted by Gasteiger charge is 2.20. The molecule has 4 heteroatoms. The highest BCUT2D eigenvalue weighted by atomic mass is 16.6. The summed E-state index contributed by atoms with van der Waals surface area (Å²) in [5, 5.41) is 3.15. The van der Waals surface area contributed by atoms with Gasteiger partial charge in [0, 0.05) is 25.8 Å². The molecular formula is C20H25NO3. The Labute approximate surface area is 143 Å². The first-order chi connectivity index (χ1) is 11.7. The van der Waals surface area contributed by atoms with Crippen LogP contribution in [0, 0.1) is 0 Å². The second kappa shape index (κ2) is 9.08. The molecule has 0 aliphatic carbocycles. The van der Waals surface area contributed by atoms with E-state index in [0.29, 0.717) is 13.0 Å². The zero-order valence-corrected chi connectivity index (χ0v) is 14.5. The van der Waals surface area contributed by atoms with Crippen LogP contribution in [0.4, 0.5) is 5.69 Å². The minimum absolute atomic E-state index is 0.325. The molecule has 4 nitrogen and oxygen atoms in total. The summed E-state index contributed by atoms with van der Waals surface area (Å²) in [6.07, 6.45) is 0.839. The molecule has 1 atom stereocenters. The number of hydrogen-bond acceptors (Lipinski definition) is 4. The Kier molecular flexibility index (Phi) is 6.82. The SMILES string of the molecule is CCCOC(Cc1ccc(-c2cccc(NC)c2)cc1)C(=O)OC. The Morgan fingerprint density at radius 3 is 2.50 bits per heavy atom. The third-order valence-electron chi connectivity index (χ3n) is 3.85. The maximum absolute atomic E-state index is 11.8. The van der Waals surface area contributed by atoms with Crippen molar-refractivity contribution in [2.75, 3.05) is 26.1 Å². The second-order valence-electron chi connectivity index (χ2n) is 5.61. The number of carbonyl (C=O) groups excluding carboxylic acids is 1. The zero-order valence-electron chi connectivity index (χ0n) is 14.5. The van der Waals surface area contributed by atoms with Gasteiger partial charge >= 0.3 is 5.97 Å². The van der Waals surface area contributed by atoms with E-state index in [1.807, 2.05) is 38.2 Å². The van der Waals surface area contributed by atoms with Gasteiger partial charge in [0.15, 0.2) is 6.10 Å². The number of esters is 1. The molecule has 0 fully saturated rings. The maximum atomic E-state index is 11.8. The van der Waals surface area contributed by atoms with Crippen LogP contribution in [0.1, 0.15) is 18.9 Å². The molecule has 24 heavy (non-hydrogen) atoms. The Hall–Kier alpha value is -2.33. The minimum Gasteiger partial charge on any atom is -0.467 e. The third kappa shape index (κ3) is 4.83. The molecule has 128 valence electrons. The molecule has 1 unspecified atom stereocenters. The number of hydrogen-bond donors (Lipinski definition) is 1. The highest BCUT2D eigenvalue weighted by Crippen LogP contribution is 2.23. The molecule has 0 bridgehead atoms. The molecule has 0 spiro atoms. The lowest BCUT2D eigenvalue weighted by molar-refractivity contribution is -0.154. The van der Waals surface area contributed by atoms with E-state index in [-0.39, 0.29) is 5.97 Å². The molecule has 2 aromatic rings. The van der Waals surface area contributed by atoms with Crippen molar-refractivity contribution in [1.29, 1.82) is 0 Å². The Bertz CT molecular complexity index is 652. The van der Waals surface area contributed by atoms with Crippen LogP contribution < -0.4 is 5.32 Å². The number of benzene rings is 2. The first-order valence-electron chi connectivity index (χ1n) is 8.24. The molecular weight excluding hydrogens is 302 g/mol. The van der Waals surface area contributed by atoms with Crippen LogP contribution in [0.2, 0.25) is 0 Å². The minimum atomic E-state index is -0.548. The Morgan fingerprint density at radius 1 is 1.12 bits per heavy atom. The van der Waals surface area contributed by atoms with Gasteiger partial charge in [-0.3, -0.25) is 0 Å². The Morgan fingerprint density at radius 2 is 1.88 bits per heavy atom. The smallest absolute Gasteiger partial charge is 0.335 e. The first kappa shape index (κ1) is 18.0. The number of methoxy groups -OCH3 is 1. The molecule has 0 radical (unpaired) electrons. The lowest BCUT2D eigenvalue weighted by Crippen LogP contribution is -2.28. The van der Waals surface area contributed by atoms with Crippen LogP contribution in [0.15, 0.2) is 48.5 Å². The molecule has 0 saturated carbocycles. The third-order valence-corrected chi connectivity index (χ3v) is 3.85. The molecule has 2 rings (SSSR count). The van der Waals surface area contributed by atoms with E-state index >= 15 is 0 Å². The summed E-state index contributed by atoms with van der Waals surface area (Å²) in [7, 11) is 3.30. The van der Waals surface area contributed by atoms with Crippen molar-refractivity contribution in [3.63, 3.8) is 0 Å². The summed E-state index contributed by atoms with van der Waals surface area (Å²) in [6.45, 7) is 2.57. The van der Waals surface area contributed by atoms with Gasteiger partial charge in [0.2, 0.25) is 0 Å². The van der Waals surface area contributed by atoms with Crippen molar-refractivity contribution < 1.29 is 14.3 Å². The summed E-state index contributed by atoms with van der Waals surface area (Å²) < 4.78 is 10.4. The van der Waals surface area contributed by atoms with E-state index in [4.69, 9.17) is 9.47 Å². The quantitative estimate of drug-likeness (QED) is 0.747. The van der Waals surface area contributed by atoms with Crippen LogP contribution >= 0.6 is 0 Å². The predicted octanol–water partition coefficient (Wildman–Crippen LogP) is 3.91. The van der Waals surface area contributed by atoms with Crippen molar-refractivity contribution in [3.05, 3.63) is 54.1 Å². The summed E-state index contributed by atoms with van der Waals surface area (Å²) in [5.41, 5.74) is 4.42. The van der Waals surface area contributed by atoms with Gasteiger partial charge in [-0.1, -0.05) is 43.3 Å². The highest BCUT2D eigenvalue weighted by molar-refractivity contribution is 5.75. The van der Waals surface area contributed by atoms with E-state index in [0.717, 1.165) is 28.8 Å². The van der Waals surface area contributed by atoms with E-state index < -0.39 is 6.10 Å². The second-order valence-corrected chi connectivity index (χ2v) is 5.61. The molecule has 0 heterocycles. The number of anilines is 1. The fourth-order valence-corrected chi connectivity index (χ4v) is 2.50. The van der Waals surface area contributed by atoms with Gasteiger partial charge in [-0.05, 0) is 35.2 Å². The van der Waals surface area contributed by atoms with Crippen LogP contribution in [-0.4, -0.2) is 32.8 Å². The van der Waals surface area contributed by atoms with Crippen molar-refractivity contribution in [2.24, 2.45) is 0 Å². The van der Waals surface area contributed by atoms with E-state index in [9.17, 15) is 4.79 Å². The summed E-state index contributed by atoms with van der Waals surface area (Å²) in [6, 6.07) is 16.5. The van der Waals surface area contributed by atoms with Crippen molar-refractivity contribution in [2.45, 2.75) is 25.9 Å². The number of rotatable bonds is 8. The van der Waals surface area contributed by atoms with Gasteiger partial charge in [0.25, 0.3) is 0 Å². The van der Waals surface area contributed by atoms with Gasteiger partial charge < -0.3 is 14.8 Å². The average molecular weight is 327 g/mol.